The molecule has 1 fully saturated rings. The fourth-order valence-corrected chi connectivity index (χ4v) is 2.79. The molecule has 0 unspecified atom stereocenters. The number of amides is 1. The molecule has 0 bridgehead atoms. The largest absolute Gasteiger partial charge is 0.494 e. The van der Waals surface area contributed by atoms with Crippen molar-refractivity contribution >= 4 is 28.9 Å². The minimum absolute atomic E-state index is 0.0353. The predicted octanol–water partition coefficient (Wildman–Crippen LogP) is 3.48. The zero-order valence-corrected chi connectivity index (χ0v) is 13.2. The first kappa shape index (κ1) is 15.8. The van der Waals surface area contributed by atoms with Crippen molar-refractivity contribution < 1.29 is 9.53 Å². The highest BCUT2D eigenvalue weighted by molar-refractivity contribution is 7.80. The molecule has 0 saturated heterocycles. The number of rotatable bonds is 4. The highest BCUT2D eigenvalue weighted by atomic mass is 32.1. The molecule has 2 rings (SSSR count). The highest BCUT2D eigenvalue weighted by Gasteiger charge is 2.21. The standard InChI is InChI=1S/C16H22N2O2S/c1-2-20-14-10-6-9-13(11-14)17-16(21)18-15(19)12-7-4-3-5-8-12/h6,9-12H,2-5,7-8H2,1H3,(H2,17,18,19,21). The molecule has 1 saturated carbocycles. The average Bonchev–Trinajstić information content (AvgIpc) is 2.48. The van der Waals surface area contributed by atoms with Crippen LogP contribution in [0.2, 0.25) is 0 Å². The molecule has 0 spiro atoms. The lowest BCUT2D eigenvalue weighted by Gasteiger charge is -2.21. The Hall–Kier alpha value is -1.62. The molecule has 0 aromatic heterocycles. The molecule has 4 nitrogen and oxygen atoms in total. The maximum absolute atomic E-state index is 12.1. The lowest BCUT2D eigenvalue weighted by molar-refractivity contribution is -0.124. The maximum Gasteiger partial charge on any atom is 0.229 e. The van der Waals surface area contributed by atoms with Gasteiger partial charge in [-0.05, 0) is 44.1 Å². The summed E-state index contributed by atoms with van der Waals surface area (Å²) < 4.78 is 5.43. The van der Waals surface area contributed by atoms with E-state index in [4.69, 9.17) is 17.0 Å². The third-order valence-electron chi connectivity index (χ3n) is 3.62. The summed E-state index contributed by atoms with van der Waals surface area (Å²) in [7, 11) is 0. The molecule has 2 N–H and O–H groups in total. The summed E-state index contributed by atoms with van der Waals surface area (Å²) in [6, 6.07) is 7.53. The van der Waals surface area contributed by atoms with E-state index in [0.29, 0.717) is 11.7 Å². The van der Waals surface area contributed by atoms with Crippen LogP contribution >= 0.6 is 12.2 Å². The van der Waals surface area contributed by atoms with Gasteiger partial charge in [0, 0.05) is 17.7 Å². The topological polar surface area (TPSA) is 50.4 Å². The van der Waals surface area contributed by atoms with E-state index in [1.807, 2.05) is 31.2 Å². The first-order chi connectivity index (χ1) is 10.2. The number of carbonyl (C=O) groups excluding carboxylic acids is 1. The summed E-state index contributed by atoms with van der Waals surface area (Å²) >= 11 is 5.21. The summed E-state index contributed by atoms with van der Waals surface area (Å²) in [5.41, 5.74) is 0.815. The molecule has 114 valence electrons. The molecular weight excluding hydrogens is 284 g/mol. The minimum atomic E-state index is 0.0353. The smallest absolute Gasteiger partial charge is 0.229 e. The molecule has 1 aliphatic rings. The van der Waals surface area contributed by atoms with E-state index in [2.05, 4.69) is 10.6 Å². The van der Waals surface area contributed by atoms with Gasteiger partial charge in [0.1, 0.15) is 5.75 Å². The molecule has 0 heterocycles. The van der Waals surface area contributed by atoms with Crippen LogP contribution in [0.1, 0.15) is 39.0 Å². The molecular formula is C16H22N2O2S. The number of anilines is 1. The number of hydrogen-bond acceptors (Lipinski definition) is 3. The summed E-state index contributed by atoms with van der Waals surface area (Å²) in [4.78, 5) is 12.1. The zero-order chi connectivity index (χ0) is 15.1. The van der Waals surface area contributed by atoms with Crippen molar-refractivity contribution in [3.63, 3.8) is 0 Å². The molecule has 1 aromatic rings. The monoisotopic (exact) mass is 306 g/mol. The molecule has 0 radical (unpaired) electrons. The van der Waals surface area contributed by atoms with Crippen LogP contribution in [0.4, 0.5) is 5.69 Å². The summed E-state index contributed by atoms with van der Waals surface area (Å²) in [6.07, 6.45) is 5.43. The van der Waals surface area contributed by atoms with Crippen molar-refractivity contribution in [1.82, 2.24) is 5.32 Å². The van der Waals surface area contributed by atoms with Crippen molar-refractivity contribution in [3.05, 3.63) is 24.3 Å². The second-order valence-electron chi connectivity index (χ2n) is 5.24. The number of benzene rings is 1. The lowest BCUT2D eigenvalue weighted by Crippen LogP contribution is -2.38. The van der Waals surface area contributed by atoms with Gasteiger partial charge in [-0.2, -0.15) is 0 Å². The van der Waals surface area contributed by atoms with Gasteiger partial charge < -0.3 is 15.4 Å². The van der Waals surface area contributed by atoms with Gasteiger partial charge >= 0.3 is 0 Å². The van der Waals surface area contributed by atoms with Gasteiger partial charge in [-0.25, -0.2) is 0 Å². The van der Waals surface area contributed by atoms with Crippen molar-refractivity contribution in [1.29, 1.82) is 0 Å². The first-order valence-corrected chi connectivity index (χ1v) is 7.94. The Morgan fingerprint density at radius 3 is 2.81 bits per heavy atom. The van der Waals surface area contributed by atoms with Gasteiger partial charge in [0.05, 0.1) is 6.61 Å². The second kappa shape index (κ2) is 7.98. The Kier molecular flexibility index (Phi) is 5.99. The molecule has 1 aliphatic carbocycles. The van der Waals surface area contributed by atoms with Crippen molar-refractivity contribution in [2.45, 2.75) is 39.0 Å². The van der Waals surface area contributed by atoms with Gasteiger partial charge in [-0.15, -0.1) is 0 Å². The predicted molar refractivity (Wildman–Crippen MR) is 88.5 cm³/mol. The van der Waals surface area contributed by atoms with E-state index in [9.17, 15) is 4.79 Å². The minimum Gasteiger partial charge on any atom is -0.494 e. The van der Waals surface area contributed by atoms with Crippen LogP contribution in [-0.4, -0.2) is 17.6 Å². The summed E-state index contributed by atoms with van der Waals surface area (Å²) in [5.74, 6) is 0.922. The van der Waals surface area contributed by atoms with E-state index in [1.54, 1.807) is 0 Å². The quantitative estimate of drug-likeness (QED) is 0.836. The highest BCUT2D eigenvalue weighted by Crippen LogP contribution is 2.23. The van der Waals surface area contributed by atoms with Crippen LogP contribution in [0.15, 0.2) is 24.3 Å². The first-order valence-electron chi connectivity index (χ1n) is 7.53. The number of nitrogens with one attached hydrogen (secondary N) is 2. The Balaban J connectivity index is 1.86. The zero-order valence-electron chi connectivity index (χ0n) is 12.4. The number of hydrogen-bond donors (Lipinski definition) is 2. The van der Waals surface area contributed by atoms with Crippen LogP contribution in [0, 0.1) is 5.92 Å². The van der Waals surface area contributed by atoms with Gasteiger partial charge in [0.25, 0.3) is 0 Å². The van der Waals surface area contributed by atoms with Crippen LogP contribution in [0.5, 0.6) is 5.75 Å². The third kappa shape index (κ3) is 5.01. The van der Waals surface area contributed by atoms with E-state index in [1.165, 1.54) is 6.42 Å². The van der Waals surface area contributed by atoms with Gasteiger partial charge in [-0.1, -0.05) is 25.3 Å². The molecule has 21 heavy (non-hydrogen) atoms. The summed E-state index contributed by atoms with van der Waals surface area (Å²) in [5, 5.41) is 6.17. The normalized spacial score (nSPS) is 15.3. The molecule has 1 aromatic carbocycles. The third-order valence-corrected chi connectivity index (χ3v) is 3.82. The summed E-state index contributed by atoms with van der Waals surface area (Å²) in [6.45, 7) is 2.56. The number of thiocarbonyl (C=S) groups is 1. The molecule has 0 atom stereocenters. The Morgan fingerprint density at radius 2 is 2.10 bits per heavy atom. The lowest BCUT2D eigenvalue weighted by atomic mass is 9.89. The van der Waals surface area contributed by atoms with Crippen molar-refractivity contribution in [2.24, 2.45) is 5.92 Å². The maximum atomic E-state index is 12.1. The van der Waals surface area contributed by atoms with E-state index < -0.39 is 0 Å². The second-order valence-corrected chi connectivity index (χ2v) is 5.65. The van der Waals surface area contributed by atoms with E-state index in [0.717, 1.165) is 37.1 Å². The molecule has 5 heteroatoms. The number of ether oxygens (including phenoxy) is 1. The van der Waals surface area contributed by atoms with Crippen molar-refractivity contribution in [3.8, 4) is 5.75 Å². The Labute approximate surface area is 131 Å². The van der Waals surface area contributed by atoms with Crippen LogP contribution < -0.4 is 15.4 Å². The fourth-order valence-electron chi connectivity index (χ4n) is 2.57. The van der Waals surface area contributed by atoms with Crippen LogP contribution in [-0.2, 0) is 4.79 Å². The average molecular weight is 306 g/mol. The molecule has 1 amide bonds. The van der Waals surface area contributed by atoms with E-state index in [-0.39, 0.29) is 11.8 Å². The van der Waals surface area contributed by atoms with Crippen LogP contribution in [0.3, 0.4) is 0 Å². The van der Waals surface area contributed by atoms with E-state index >= 15 is 0 Å². The number of carbonyl (C=O) groups is 1. The Bertz CT molecular complexity index is 499. The van der Waals surface area contributed by atoms with Crippen molar-refractivity contribution in [2.75, 3.05) is 11.9 Å². The van der Waals surface area contributed by atoms with Gasteiger partial charge in [-0.3, -0.25) is 4.79 Å². The van der Waals surface area contributed by atoms with Gasteiger partial charge in [0.2, 0.25) is 5.91 Å². The van der Waals surface area contributed by atoms with Gasteiger partial charge in [0.15, 0.2) is 5.11 Å². The Morgan fingerprint density at radius 1 is 1.33 bits per heavy atom. The fraction of sp³-hybridized carbons (Fsp3) is 0.500. The molecule has 0 aliphatic heterocycles. The van der Waals surface area contributed by atoms with Crippen LogP contribution in [0.25, 0.3) is 0 Å². The SMILES string of the molecule is CCOc1cccc(NC(=S)NC(=O)C2CCCCC2)c1.